The molecule has 0 aliphatic heterocycles. The first-order chi connectivity index (χ1) is 11.5. The average Bonchev–Trinajstić information content (AvgIpc) is 2.50. The standard InChI is InChI=1S/C18H36O2.2Ca.H2O3Si.4H/c1-2-3-4-5-6-7-8-9-10-11-12-13-14-15-16-17-18(19)20;;;1-4(2)3;;;;/h2-17H2,1H3,(H,19,20);;;1-2H;;;;/q;2*+2;;4*-1. The molecular formula is C18H42Ca2O5Si. The van der Waals surface area contributed by atoms with Crippen LogP contribution in [0.1, 0.15) is 115 Å². The van der Waals surface area contributed by atoms with Crippen molar-refractivity contribution >= 4 is 90.6 Å². The molecule has 0 aromatic rings. The number of hydrogen-bond acceptors (Lipinski definition) is 2. The molecule has 0 atom stereocenters. The Morgan fingerprint density at radius 2 is 0.923 bits per heavy atom. The van der Waals surface area contributed by atoms with Gasteiger partial charge in [-0.1, -0.05) is 96.8 Å². The fraction of sp³-hybridized carbons (Fsp3) is 0.944. The Kier molecular flexibility index (Phi) is 42.2. The number of carboxylic acid groups (broad SMARTS) is 1. The van der Waals surface area contributed by atoms with Gasteiger partial charge in [0.2, 0.25) is 0 Å². The van der Waals surface area contributed by atoms with Crippen molar-refractivity contribution in [1.82, 2.24) is 0 Å². The Labute approximate surface area is 227 Å². The van der Waals surface area contributed by atoms with Gasteiger partial charge in [-0.05, 0) is 6.42 Å². The second-order valence-corrected chi connectivity index (χ2v) is 6.94. The van der Waals surface area contributed by atoms with Gasteiger partial charge in [0.1, 0.15) is 0 Å². The molecule has 8 heteroatoms. The van der Waals surface area contributed by atoms with E-state index in [1.165, 1.54) is 83.5 Å². The second kappa shape index (κ2) is 31.3. The molecule has 0 spiro atoms. The summed E-state index contributed by atoms with van der Waals surface area (Å²) < 4.78 is 8.74. The van der Waals surface area contributed by atoms with E-state index in [1.807, 2.05) is 0 Å². The maximum absolute atomic E-state index is 10.3. The van der Waals surface area contributed by atoms with Crippen LogP contribution in [-0.2, 0) is 9.26 Å². The van der Waals surface area contributed by atoms with Gasteiger partial charge in [-0.2, -0.15) is 0 Å². The Hall–Kier alpha value is 1.61. The molecule has 26 heavy (non-hydrogen) atoms. The van der Waals surface area contributed by atoms with Gasteiger partial charge in [0, 0.05) is 6.42 Å². The fourth-order valence-electron chi connectivity index (χ4n) is 2.65. The molecule has 0 aromatic carbocycles. The van der Waals surface area contributed by atoms with Crippen molar-refractivity contribution < 1.29 is 29.7 Å². The summed E-state index contributed by atoms with van der Waals surface area (Å²) in [6, 6.07) is 0. The summed E-state index contributed by atoms with van der Waals surface area (Å²) in [5.74, 6) is -0.653. The smallest absolute Gasteiger partial charge is 1.00 e. The van der Waals surface area contributed by atoms with Crippen molar-refractivity contribution in [3.63, 3.8) is 0 Å². The SMILES string of the molecule is CCCCCCCCCCCCCCCCCC(=O)O.O=[Si](O)O.[Ca+2].[Ca+2].[H-].[H-].[H-].[H-]. The van der Waals surface area contributed by atoms with E-state index in [9.17, 15) is 4.79 Å². The van der Waals surface area contributed by atoms with Crippen molar-refractivity contribution in [3.05, 3.63) is 0 Å². The molecule has 3 N–H and O–H groups in total. The van der Waals surface area contributed by atoms with E-state index < -0.39 is 15.1 Å². The largest absolute Gasteiger partial charge is 2.00 e. The van der Waals surface area contributed by atoms with Gasteiger partial charge in [0.25, 0.3) is 0 Å². The Morgan fingerprint density at radius 1 is 0.692 bits per heavy atom. The molecule has 0 bridgehead atoms. The Balaban J connectivity index is -0.0000000739. The first kappa shape index (κ1) is 35.1. The second-order valence-electron chi connectivity index (χ2n) is 6.38. The molecule has 0 aliphatic rings. The van der Waals surface area contributed by atoms with Gasteiger partial charge in [-0.25, -0.2) is 0 Å². The van der Waals surface area contributed by atoms with E-state index in [1.54, 1.807) is 0 Å². The maximum Gasteiger partial charge on any atom is 2.00 e. The monoisotopic (exact) mass is 446 g/mol. The van der Waals surface area contributed by atoms with E-state index in [0.29, 0.717) is 6.42 Å². The van der Waals surface area contributed by atoms with Crippen LogP contribution < -0.4 is 0 Å². The molecule has 0 saturated heterocycles. The van der Waals surface area contributed by atoms with Gasteiger partial charge in [-0.3, -0.25) is 9.26 Å². The number of carbonyl (C=O) groups is 1. The van der Waals surface area contributed by atoms with Crippen LogP contribution in [-0.4, -0.2) is 105 Å². The zero-order chi connectivity index (χ0) is 18.5. The van der Waals surface area contributed by atoms with Crippen LogP contribution in [0, 0.1) is 0 Å². The summed E-state index contributed by atoms with van der Waals surface area (Å²) >= 11 is 0. The average molecular weight is 447 g/mol. The molecule has 0 fully saturated rings. The molecule has 0 saturated carbocycles. The normalized spacial score (nSPS) is 9.27. The molecule has 0 aliphatic carbocycles. The molecule has 0 heterocycles. The van der Waals surface area contributed by atoms with Crippen LogP contribution in [0.25, 0.3) is 0 Å². The first-order valence-electron chi connectivity index (χ1n) is 9.64. The molecule has 5 nitrogen and oxygen atoms in total. The van der Waals surface area contributed by atoms with Crippen molar-refractivity contribution in [3.8, 4) is 0 Å². The predicted octanol–water partition coefficient (Wildman–Crippen LogP) is 4.41. The van der Waals surface area contributed by atoms with E-state index in [-0.39, 0.29) is 81.2 Å². The summed E-state index contributed by atoms with van der Waals surface area (Å²) in [6.07, 6.45) is 20.2. The number of aliphatic carboxylic acids is 1. The minimum absolute atomic E-state index is 0. The van der Waals surface area contributed by atoms with Gasteiger partial charge in [0.05, 0.1) is 0 Å². The maximum atomic E-state index is 10.3. The van der Waals surface area contributed by atoms with E-state index in [4.69, 9.17) is 19.2 Å². The first-order valence-corrected chi connectivity index (χ1v) is 10.9. The minimum atomic E-state index is -3.13. The zero-order valence-electron chi connectivity index (χ0n) is 20.9. The zero-order valence-corrected chi connectivity index (χ0v) is 22.3. The number of unbranched alkanes of at least 4 members (excludes halogenated alkanes) is 14. The van der Waals surface area contributed by atoms with Crippen molar-refractivity contribution in [2.45, 2.75) is 110 Å². The van der Waals surface area contributed by atoms with Gasteiger partial charge < -0.3 is 20.4 Å². The number of hydrogen-bond donors (Lipinski definition) is 3. The summed E-state index contributed by atoms with van der Waals surface area (Å²) in [4.78, 5) is 24.6. The third-order valence-electron chi connectivity index (χ3n) is 3.99. The van der Waals surface area contributed by atoms with Crippen LogP contribution in [0.4, 0.5) is 0 Å². The van der Waals surface area contributed by atoms with Crippen LogP contribution in [0.3, 0.4) is 0 Å². The van der Waals surface area contributed by atoms with Crippen molar-refractivity contribution in [2.75, 3.05) is 0 Å². The summed E-state index contributed by atoms with van der Waals surface area (Å²) in [5, 5.41) is 8.52. The topological polar surface area (TPSA) is 94.8 Å². The van der Waals surface area contributed by atoms with Crippen LogP contribution in [0.2, 0.25) is 0 Å². The summed E-state index contributed by atoms with van der Waals surface area (Å²) in [5.41, 5.74) is 0. The Morgan fingerprint density at radius 3 is 1.15 bits per heavy atom. The molecule has 0 rings (SSSR count). The third-order valence-corrected chi connectivity index (χ3v) is 3.99. The van der Waals surface area contributed by atoms with Crippen LogP contribution in [0.5, 0.6) is 0 Å². The molecule has 0 aromatic heterocycles. The predicted molar refractivity (Wildman–Crippen MR) is 114 cm³/mol. The minimum Gasteiger partial charge on any atom is -1.00 e. The van der Waals surface area contributed by atoms with Crippen molar-refractivity contribution in [1.29, 1.82) is 0 Å². The van der Waals surface area contributed by atoms with Crippen molar-refractivity contribution in [2.24, 2.45) is 0 Å². The van der Waals surface area contributed by atoms with E-state index in [0.717, 1.165) is 12.8 Å². The Bertz CT molecular complexity index is 308. The number of carboxylic acids is 1. The van der Waals surface area contributed by atoms with Gasteiger partial charge in [-0.15, -0.1) is 0 Å². The molecule has 0 amide bonds. The summed E-state index contributed by atoms with van der Waals surface area (Å²) in [6.45, 7) is 2.27. The van der Waals surface area contributed by atoms with Crippen LogP contribution in [0.15, 0.2) is 0 Å². The molecule has 0 radical (unpaired) electrons. The van der Waals surface area contributed by atoms with E-state index >= 15 is 0 Å². The molecule has 0 unspecified atom stereocenters. The van der Waals surface area contributed by atoms with E-state index in [2.05, 4.69) is 6.92 Å². The number of rotatable bonds is 16. The third kappa shape index (κ3) is 44.8. The molecular weight excluding hydrogens is 404 g/mol. The van der Waals surface area contributed by atoms with Gasteiger partial charge >= 0.3 is 90.6 Å². The quantitative estimate of drug-likeness (QED) is 0.241. The van der Waals surface area contributed by atoms with Crippen LogP contribution >= 0.6 is 0 Å². The molecule has 152 valence electrons. The summed E-state index contributed by atoms with van der Waals surface area (Å²) in [7, 11) is -3.13. The van der Waals surface area contributed by atoms with Gasteiger partial charge in [0.15, 0.2) is 0 Å². The fourth-order valence-corrected chi connectivity index (χ4v) is 2.65.